The van der Waals surface area contributed by atoms with Gasteiger partial charge in [0.1, 0.15) is 5.75 Å². The molecular weight excluding hydrogens is 356 g/mol. The van der Waals surface area contributed by atoms with Crippen molar-refractivity contribution in [2.75, 3.05) is 19.5 Å². The van der Waals surface area contributed by atoms with E-state index in [-0.39, 0.29) is 17.8 Å². The number of phenolic OH excluding ortho intramolecular Hbond substituents is 1. The average molecular weight is 377 g/mol. The summed E-state index contributed by atoms with van der Waals surface area (Å²) >= 11 is 6.03. The van der Waals surface area contributed by atoms with E-state index in [1.807, 2.05) is 0 Å². The van der Waals surface area contributed by atoms with Crippen LogP contribution in [0.1, 0.15) is 18.4 Å². The number of aromatic hydroxyl groups is 1. The van der Waals surface area contributed by atoms with Crippen LogP contribution in [0.25, 0.3) is 0 Å². The summed E-state index contributed by atoms with van der Waals surface area (Å²) in [5.74, 6) is 1.00. The molecule has 0 aromatic heterocycles. The van der Waals surface area contributed by atoms with Gasteiger partial charge >= 0.3 is 6.03 Å². The molecule has 1 saturated carbocycles. The zero-order valence-corrected chi connectivity index (χ0v) is 15.4. The van der Waals surface area contributed by atoms with E-state index in [0.717, 1.165) is 18.4 Å². The van der Waals surface area contributed by atoms with Crippen LogP contribution in [0.5, 0.6) is 17.2 Å². The number of anilines is 1. The number of amides is 2. The highest BCUT2D eigenvalue weighted by molar-refractivity contribution is 6.31. The van der Waals surface area contributed by atoms with E-state index in [2.05, 4.69) is 5.32 Å². The first-order valence-corrected chi connectivity index (χ1v) is 8.66. The van der Waals surface area contributed by atoms with Gasteiger partial charge in [-0.25, -0.2) is 4.79 Å². The van der Waals surface area contributed by atoms with E-state index in [1.165, 1.54) is 7.11 Å². The highest BCUT2D eigenvalue weighted by Crippen LogP contribution is 2.33. The molecular formula is C19H21ClN2O4. The van der Waals surface area contributed by atoms with E-state index in [9.17, 15) is 9.90 Å². The lowest BCUT2D eigenvalue weighted by atomic mass is 10.2. The van der Waals surface area contributed by atoms with E-state index >= 15 is 0 Å². The Kier molecular flexibility index (Phi) is 5.42. The fourth-order valence-electron chi connectivity index (χ4n) is 2.73. The molecule has 0 unspecified atom stereocenters. The summed E-state index contributed by atoms with van der Waals surface area (Å²) in [6, 6.07) is 10.1. The van der Waals surface area contributed by atoms with Crippen molar-refractivity contribution in [3.05, 3.63) is 47.0 Å². The molecule has 0 heterocycles. The van der Waals surface area contributed by atoms with Gasteiger partial charge in [-0.3, -0.25) is 0 Å². The minimum Gasteiger partial charge on any atom is -0.504 e. The van der Waals surface area contributed by atoms with Gasteiger partial charge in [-0.05, 0) is 48.7 Å². The van der Waals surface area contributed by atoms with Crippen molar-refractivity contribution >= 4 is 23.3 Å². The molecule has 1 aliphatic rings. The largest absolute Gasteiger partial charge is 0.504 e. The van der Waals surface area contributed by atoms with Gasteiger partial charge in [-0.2, -0.15) is 0 Å². The van der Waals surface area contributed by atoms with Crippen molar-refractivity contribution in [2.24, 2.45) is 0 Å². The first-order chi connectivity index (χ1) is 12.5. The smallest absolute Gasteiger partial charge is 0.322 e. The van der Waals surface area contributed by atoms with E-state index < -0.39 is 0 Å². The minimum absolute atomic E-state index is 0.0716. The van der Waals surface area contributed by atoms with Crippen LogP contribution in [0.3, 0.4) is 0 Å². The number of urea groups is 1. The standard InChI is InChI=1S/C19H21ClN2O4/c1-25-17-8-4-13(20)10-15(17)21-19(24)22(14-5-6-14)11-12-3-7-16(23)18(9-12)26-2/h3-4,7-10,14,23H,5-6,11H2,1-2H3,(H,21,24). The van der Waals surface area contributed by atoms with Gasteiger partial charge in [0.25, 0.3) is 0 Å². The van der Waals surface area contributed by atoms with Crippen molar-refractivity contribution in [3.63, 3.8) is 0 Å². The van der Waals surface area contributed by atoms with Crippen LogP contribution < -0.4 is 14.8 Å². The molecule has 2 aromatic rings. The van der Waals surface area contributed by atoms with E-state index in [0.29, 0.717) is 28.8 Å². The van der Waals surface area contributed by atoms with Gasteiger partial charge < -0.3 is 24.8 Å². The number of ether oxygens (including phenoxy) is 2. The molecule has 0 aliphatic heterocycles. The van der Waals surface area contributed by atoms with Crippen molar-refractivity contribution in [3.8, 4) is 17.2 Å². The van der Waals surface area contributed by atoms with Crippen LogP contribution in [0.15, 0.2) is 36.4 Å². The number of phenols is 1. The third kappa shape index (κ3) is 4.14. The van der Waals surface area contributed by atoms with E-state index in [1.54, 1.807) is 48.4 Å². The number of nitrogens with zero attached hydrogens (tertiary/aromatic N) is 1. The van der Waals surface area contributed by atoms with Crippen LogP contribution in [-0.4, -0.2) is 36.3 Å². The molecule has 1 fully saturated rings. The average Bonchev–Trinajstić information content (AvgIpc) is 3.46. The normalized spacial score (nSPS) is 13.2. The lowest BCUT2D eigenvalue weighted by Gasteiger charge is -2.24. The number of hydrogen-bond donors (Lipinski definition) is 2. The zero-order chi connectivity index (χ0) is 18.7. The molecule has 0 saturated heterocycles. The molecule has 0 radical (unpaired) electrons. The molecule has 0 spiro atoms. The topological polar surface area (TPSA) is 71.0 Å². The Morgan fingerprint density at radius 1 is 1.19 bits per heavy atom. The summed E-state index contributed by atoms with van der Waals surface area (Å²) in [7, 11) is 3.04. The zero-order valence-electron chi connectivity index (χ0n) is 14.7. The number of hydrogen-bond acceptors (Lipinski definition) is 4. The number of rotatable bonds is 6. The molecule has 1 aliphatic carbocycles. The number of halogens is 1. The fraction of sp³-hybridized carbons (Fsp3) is 0.316. The van der Waals surface area contributed by atoms with Crippen LogP contribution in [0, 0.1) is 0 Å². The van der Waals surface area contributed by atoms with Crippen molar-refractivity contribution in [1.29, 1.82) is 0 Å². The lowest BCUT2D eigenvalue weighted by Crippen LogP contribution is -2.36. The van der Waals surface area contributed by atoms with Gasteiger partial charge in [-0.15, -0.1) is 0 Å². The predicted octanol–water partition coefficient (Wildman–Crippen LogP) is 4.26. The molecule has 0 bridgehead atoms. The monoisotopic (exact) mass is 376 g/mol. The Balaban J connectivity index is 1.78. The SMILES string of the molecule is COc1cc(CN(C(=O)Nc2cc(Cl)ccc2OC)C2CC2)ccc1O. The van der Waals surface area contributed by atoms with Gasteiger partial charge in [-0.1, -0.05) is 17.7 Å². The first-order valence-electron chi connectivity index (χ1n) is 8.29. The summed E-state index contributed by atoms with van der Waals surface area (Å²) in [6.45, 7) is 0.413. The summed E-state index contributed by atoms with van der Waals surface area (Å²) in [5, 5.41) is 13.1. The van der Waals surface area contributed by atoms with Gasteiger partial charge in [0, 0.05) is 17.6 Å². The van der Waals surface area contributed by atoms with Crippen molar-refractivity contribution < 1.29 is 19.4 Å². The molecule has 7 heteroatoms. The molecule has 0 atom stereocenters. The Labute approximate surface area is 157 Å². The lowest BCUT2D eigenvalue weighted by molar-refractivity contribution is 0.206. The minimum atomic E-state index is -0.222. The summed E-state index contributed by atoms with van der Waals surface area (Å²) < 4.78 is 10.4. The maximum Gasteiger partial charge on any atom is 0.322 e. The van der Waals surface area contributed by atoms with Crippen LogP contribution >= 0.6 is 11.6 Å². The van der Waals surface area contributed by atoms with Crippen molar-refractivity contribution in [1.82, 2.24) is 4.90 Å². The Morgan fingerprint density at radius 3 is 2.58 bits per heavy atom. The molecule has 2 amide bonds. The van der Waals surface area contributed by atoms with Gasteiger partial charge in [0.2, 0.25) is 0 Å². The maximum atomic E-state index is 12.8. The Hall–Kier alpha value is -2.60. The maximum absolute atomic E-state index is 12.8. The third-order valence-corrected chi connectivity index (χ3v) is 4.48. The second-order valence-electron chi connectivity index (χ2n) is 6.14. The number of carbonyl (C=O) groups excluding carboxylic acids is 1. The quantitative estimate of drug-likeness (QED) is 0.790. The molecule has 26 heavy (non-hydrogen) atoms. The Bertz CT molecular complexity index is 808. The highest BCUT2D eigenvalue weighted by atomic mass is 35.5. The molecule has 3 rings (SSSR count). The fourth-order valence-corrected chi connectivity index (χ4v) is 2.91. The highest BCUT2D eigenvalue weighted by Gasteiger charge is 2.33. The van der Waals surface area contributed by atoms with E-state index in [4.69, 9.17) is 21.1 Å². The number of methoxy groups -OCH3 is 2. The molecule has 2 N–H and O–H groups in total. The number of carbonyl (C=O) groups is 1. The first kappa shape index (κ1) is 18.2. The molecule has 138 valence electrons. The van der Waals surface area contributed by atoms with Gasteiger partial charge in [0.05, 0.1) is 19.9 Å². The van der Waals surface area contributed by atoms with Crippen LogP contribution in [0.4, 0.5) is 10.5 Å². The van der Waals surface area contributed by atoms with Crippen molar-refractivity contribution in [2.45, 2.75) is 25.4 Å². The summed E-state index contributed by atoms with van der Waals surface area (Å²) in [4.78, 5) is 14.6. The number of nitrogens with one attached hydrogen (secondary N) is 1. The summed E-state index contributed by atoms with van der Waals surface area (Å²) in [5.41, 5.74) is 1.40. The second-order valence-corrected chi connectivity index (χ2v) is 6.58. The number of benzene rings is 2. The van der Waals surface area contributed by atoms with Crippen LogP contribution in [-0.2, 0) is 6.54 Å². The van der Waals surface area contributed by atoms with Gasteiger partial charge in [0.15, 0.2) is 11.5 Å². The molecule has 6 nitrogen and oxygen atoms in total. The Morgan fingerprint density at radius 2 is 1.92 bits per heavy atom. The predicted molar refractivity (Wildman–Crippen MR) is 100 cm³/mol. The third-order valence-electron chi connectivity index (χ3n) is 4.25. The summed E-state index contributed by atoms with van der Waals surface area (Å²) in [6.07, 6.45) is 1.94. The molecule has 2 aromatic carbocycles. The van der Waals surface area contributed by atoms with Crippen LogP contribution in [0.2, 0.25) is 5.02 Å². The second kappa shape index (κ2) is 7.74.